The van der Waals surface area contributed by atoms with Crippen LogP contribution in [0.3, 0.4) is 0 Å². The van der Waals surface area contributed by atoms with Crippen LogP contribution in [0.2, 0.25) is 5.02 Å². The summed E-state index contributed by atoms with van der Waals surface area (Å²) < 4.78 is 5.30. The molecule has 0 aromatic heterocycles. The van der Waals surface area contributed by atoms with Crippen LogP contribution in [-0.4, -0.2) is 26.2 Å². The predicted octanol–water partition coefficient (Wildman–Crippen LogP) is 2.79. The minimum absolute atomic E-state index is 0. The van der Waals surface area contributed by atoms with E-state index in [1.165, 1.54) is 12.8 Å². The Hall–Kier alpha value is -0.690. The monoisotopic (exact) mass is 395 g/mol. The maximum Gasteiger partial charge on any atom is 0.191 e. The molecule has 2 N–H and O–H groups in total. The van der Waals surface area contributed by atoms with Crippen molar-refractivity contribution in [3.63, 3.8) is 0 Å². The van der Waals surface area contributed by atoms with Crippen molar-refractivity contribution in [2.24, 2.45) is 4.99 Å². The lowest BCUT2D eigenvalue weighted by molar-refractivity contribution is 0.409. The van der Waals surface area contributed by atoms with E-state index in [9.17, 15) is 0 Å². The number of rotatable bonds is 4. The van der Waals surface area contributed by atoms with Crippen LogP contribution in [0.4, 0.5) is 0 Å². The number of hydrogen-bond acceptors (Lipinski definition) is 2. The summed E-state index contributed by atoms with van der Waals surface area (Å²) in [5.74, 6) is 1.62. The van der Waals surface area contributed by atoms with Crippen LogP contribution < -0.4 is 15.4 Å². The minimum atomic E-state index is 0. The number of benzene rings is 1. The molecule has 0 amide bonds. The second-order valence-electron chi connectivity index (χ2n) is 4.30. The van der Waals surface area contributed by atoms with E-state index < -0.39 is 0 Å². The van der Waals surface area contributed by atoms with E-state index in [2.05, 4.69) is 15.6 Å². The summed E-state index contributed by atoms with van der Waals surface area (Å²) in [6.07, 6.45) is 2.45. The zero-order valence-electron chi connectivity index (χ0n) is 11.1. The Morgan fingerprint density at radius 2 is 2.21 bits per heavy atom. The first-order valence-corrected chi connectivity index (χ1v) is 6.40. The summed E-state index contributed by atoms with van der Waals surface area (Å²) in [5.41, 5.74) is 1.06. The second kappa shape index (κ2) is 7.79. The van der Waals surface area contributed by atoms with Gasteiger partial charge in [0.2, 0.25) is 0 Å². The Morgan fingerprint density at radius 1 is 1.47 bits per heavy atom. The van der Waals surface area contributed by atoms with Crippen LogP contribution in [0.25, 0.3) is 0 Å². The number of halogens is 2. The molecule has 6 heteroatoms. The van der Waals surface area contributed by atoms with E-state index in [1.54, 1.807) is 14.2 Å². The van der Waals surface area contributed by atoms with Crippen molar-refractivity contribution in [3.05, 3.63) is 28.8 Å². The molecule has 2 rings (SSSR count). The normalized spacial score (nSPS) is 14.6. The third-order valence-electron chi connectivity index (χ3n) is 2.84. The highest BCUT2D eigenvalue weighted by atomic mass is 127. The second-order valence-corrected chi connectivity index (χ2v) is 4.74. The molecule has 1 aliphatic rings. The Balaban J connectivity index is 0.00000180. The Labute approximate surface area is 136 Å². The van der Waals surface area contributed by atoms with Gasteiger partial charge < -0.3 is 15.4 Å². The average molecular weight is 396 g/mol. The molecule has 1 saturated carbocycles. The van der Waals surface area contributed by atoms with Gasteiger partial charge in [0.1, 0.15) is 5.75 Å². The highest BCUT2D eigenvalue weighted by Gasteiger charge is 2.22. The van der Waals surface area contributed by atoms with Gasteiger partial charge >= 0.3 is 0 Å². The smallest absolute Gasteiger partial charge is 0.191 e. The molecule has 0 atom stereocenters. The first-order chi connectivity index (χ1) is 8.72. The molecule has 0 radical (unpaired) electrons. The predicted molar refractivity (Wildman–Crippen MR) is 89.8 cm³/mol. The van der Waals surface area contributed by atoms with Crippen LogP contribution in [0.1, 0.15) is 18.4 Å². The van der Waals surface area contributed by atoms with Gasteiger partial charge in [-0.1, -0.05) is 17.7 Å². The number of nitrogens with one attached hydrogen (secondary N) is 2. The van der Waals surface area contributed by atoms with Gasteiger partial charge in [0.05, 0.1) is 7.11 Å². The number of hydrogen-bond donors (Lipinski definition) is 2. The van der Waals surface area contributed by atoms with Crippen molar-refractivity contribution in [2.45, 2.75) is 25.4 Å². The molecule has 4 nitrogen and oxygen atoms in total. The van der Waals surface area contributed by atoms with Crippen molar-refractivity contribution < 1.29 is 4.74 Å². The van der Waals surface area contributed by atoms with Gasteiger partial charge in [-0.15, -0.1) is 24.0 Å². The van der Waals surface area contributed by atoms with Crippen LogP contribution in [0, 0.1) is 0 Å². The van der Waals surface area contributed by atoms with Crippen LogP contribution >= 0.6 is 35.6 Å². The van der Waals surface area contributed by atoms with Crippen molar-refractivity contribution >= 4 is 41.5 Å². The lowest BCUT2D eigenvalue weighted by Gasteiger charge is -2.13. The molecule has 1 fully saturated rings. The number of nitrogens with zero attached hydrogens (tertiary/aromatic N) is 1. The van der Waals surface area contributed by atoms with Gasteiger partial charge in [-0.2, -0.15) is 0 Å². The topological polar surface area (TPSA) is 45.7 Å². The molecule has 0 unspecified atom stereocenters. The third kappa shape index (κ3) is 5.06. The summed E-state index contributed by atoms with van der Waals surface area (Å²) in [6, 6.07) is 6.22. The van der Waals surface area contributed by atoms with Gasteiger partial charge in [-0.05, 0) is 25.0 Å². The van der Waals surface area contributed by atoms with E-state index >= 15 is 0 Å². The fourth-order valence-corrected chi connectivity index (χ4v) is 1.82. The Bertz CT molecular complexity index is 450. The summed E-state index contributed by atoms with van der Waals surface area (Å²) >= 11 is 5.93. The number of aliphatic imine (C=N–C) groups is 1. The van der Waals surface area contributed by atoms with Crippen molar-refractivity contribution in [1.29, 1.82) is 0 Å². The highest BCUT2D eigenvalue weighted by molar-refractivity contribution is 14.0. The number of methoxy groups -OCH3 is 1. The number of ether oxygens (including phenoxy) is 1. The molecular formula is C13H19ClIN3O. The highest BCUT2D eigenvalue weighted by Crippen LogP contribution is 2.23. The average Bonchev–Trinajstić information content (AvgIpc) is 3.19. The molecule has 0 aliphatic heterocycles. The number of guanidine groups is 1. The molecule has 1 aliphatic carbocycles. The summed E-state index contributed by atoms with van der Waals surface area (Å²) in [4.78, 5) is 4.18. The molecule has 1 aromatic rings. The molecule has 0 saturated heterocycles. The molecule has 106 valence electrons. The quantitative estimate of drug-likeness (QED) is 0.468. The fourth-order valence-electron chi connectivity index (χ4n) is 1.66. The fraction of sp³-hybridized carbons (Fsp3) is 0.462. The van der Waals surface area contributed by atoms with Crippen LogP contribution in [-0.2, 0) is 6.54 Å². The summed E-state index contributed by atoms with van der Waals surface area (Å²) in [5, 5.41) is 7.28. The summed E-state index contributed by atoms with van der Waals surface area (Å²) in [7, 11) is 3.42. The van der Waals surface area contributed by atoms with Crippen molar-refractivity contribution in [2.75, 3.05) is 14.2 Å². The lowest BCUT2D eigenvalue weighted by atomic mass is 10.2. The van der Waals surface area contributed by atoms with Gasteiger partial charge in [0.25, 0.3) is 0 Å². The van der Waals surface area contributed by atoms with Gasteiger partial charge in [0.15, 0.2) is 5.96 Å². The molecular weight excluding hydrogens is 377 g/mol. The Kier molecular flexibility index (Phi) is 6.71. The first-order valence-electron chi connectivity index (χ1n) is 6.02. The zero-order valence-corrected chi connectivity index (χ0v) is 14.2. The van der Waals surface area contributed by atoms with E-state index in [-0.39, 0.29) is 24.0 Å². The van der Waals surface area contributed by atoms with Gasteiger partial charge in [-0.3, -0.25) is 4.99 Å². The SMILES string of the molecule is CN=C(NCc1ccc(Cl)cc1OC)NC1CC1.I. The van der Waals surface area contributed by atoms with E-state index in [4.69, 9.17) is 16.3 Å². The van der Waals surface area contributed by atoms with Crippen LogP contribution in [0.15, 0.2) is 23.2 Å². The standard InChI is InChI=1S/C13H18ClN3O.HI/c1-15-13(17-11-5-6-11)16-8-9-3-4-10(14)7-12(9)18-2;/h3-4,7,11H,5-6,8H2,1-2H3,(H2,15,16,17);1H. The lowest BCUT2D eigenvalue weighted by Crippen LogP contribution is -2.38. The first kappa shape index (κ1) is 16.4. The van der Waals surface area contributed by atoms with Gasteiger partial charge in [0, 0.05) is 30.2 Å². The summed E-state index contributed by atoms with van der Waals surface area (Å²) in [6.45, 7) is 0.659. The van der Waals surface area contributed by atoms with E-state index in [0.717, 1.165) is 17.3 Å². The van der Waals surface area contributed by atoms with E-state index in [0.29, 0.717) is 17.6 Å². The van der Waals surface area contributed by atoms with Crippen molar-refractivity contribution in [3.8, 4) is 5.75 Å². The maximum atomic E-state index is 5.93. The molecule has 0 heterocycles. The molecule has 0 bridgehead atoms. The Morgan fingerprint density at radius 3 is 2.79 bits per heavy atom. The maximum absolute atomic E-state index is 5.93. The zero-order chi connectivity index (χ0) is 13.0. The van der Waals surface area contributed by atoms with Crippen LogP contribution in [0.5, 0.6) is 5.75 Å². The molecule has 19 heavy (non-hydrogen) atoms. The van der Waals surface area contributed by atoms with Crippen molar-refractivity contribution in [1.82, 2.24) is 10.6 Å². The van der Waals surface area contributed by atoms with Gasteiger partial charge in [-0.25, -0.2) is 0 Å². The molecule has 1 aromatic carbocycles. The third-order valence-corrected chi connectivity index (χ3v) is 3.07. The van der Waals surface area contributed by atoms with E-state index in [1.807, 2.05) is 18.2 Å². The molecule has 0 spiro atoms. The largest absolute Gasteiger partial charge is 0.496 e. The minimum Gasteiger partial charge on any atom is -0.496 e.